The molecule has 0 spiro atoms. The highest BCUT2D eigenvalue weighted by molar-refractivity contribution is 7.89. The third-order valence-corrected chi connectivity index (χ3v) is 6.26. The molecule has 0 heterocycles. The Balaban J connectivity index is 1.64. The van der Waals surface area contributed by atoms with Crippen molar-refractivity contribution in [2.75, 3.05) is 5.32 Å². The standard InChI is InChI=1S/C23H22F2N2O3S/c1-16(7-8-17-5-3-2-4-6-17)27-31(29,30)20-13-14-22(21(25)15-20)26-23(28)18-9-11-19(24)12-10-18/h2-6,9-16,27H,7-8H2,1H3,(H,26,28)/t16-/m0/s1. The molecule has 1 amide bonds. The van der Waals surface area contributed by atoms with E-state index in [-0.39, 0.29) is 22.2 Å². The molecule has 0 saturated carbocycles. The maximum Gasteiger partial charge on any atom is 0.255 e. The lowest BCUT2D eigenvalue weighted by molar-refractivity contribution is 0.102. The highest BCUT2D eigenvalue weighted by atomic mass is 32.2. The number of amides is 1. The summed E-state index contributed by atoms with van der Waals surface area (Å²) in [5.74, 6) is -2.03. The summed E-state index contributed by atoms with van der Waals surface area (Å²) in [5.41, 5.74) is 1.07. The Kier molecular flexibility index (Phi) is 7.14. The number of anilines is 1. The van der Waals surface area contributed by atoms with Crippen LogP contribution in [0.1, 0.15) is 29.3 Å². The zero-order chi connectivity index (χ0) is 22.4. The van der Waals surface area contributed by atoms with Gasteiger partial charge in [0.1, 0.15) is 11.6 Å². The normalized spacial score (nSPS) is 12.4. The van der Waals surface area contributed by atoms with Crippen LogP contribution in [0.15, 0.2) is 77.7 Å². The largest absolute Gasteiger partial charge is 0.319 e. The zero-order valence-electron chi connectivity index (χ0n) is 16.8. The molecule has 0 bridgehead atoms. The van der Waals surface area contributed by atoms with Gasteiger partial charge in [0, 0.05) is 11.6 Å². The Hall–Kier alpha value is -3.10. The molecule has 0 aliphatic rings. The predicted octanol–water partition coefficient (Wildman–Crippen LogP) is 4.52. The van der Waals surface area contributed by atoms with Crippen molar-refractivity contribution in [1.29, 1.82) is 0 Å². The van der Waals surface area contributed by atoms with Crippen LogP contribution >= 0.6 is 0 Å². The zero-order valence-corrected chi connectivity index (χ0v) is 17.6. The minimum absolute atomic E-state index is 0.145. The molecule has 3 aromatic rings. The van der Waals surface area contributed by atoms with Gasteiger partial charge in [0.05, 0.1) is 10.6 Å². The quantitative estimate of drug-likeness (QED) is 0.537. The van der Waals surface area contributed by atoms with E-state index in [9.17, 15) is 22.0 Å². The number of rotatable bonds is 8. The van der Waals surface area contributed by atoms with Crippen molar-refractivity contribution in [2.45, 2.75) is 30.7 Å². The molecule has 1 atom stereocenters. The summed E-state index contributed by atoms with van der Waals surface area (Å²) in [6.45, 7) is 1.74. The highest BCUT2D eigenvalue weighted by Crippen LogP contribution is 2.20. The number of nitrogens with one attached hydrogen (secondary N) is 2. The van der Waals surface area contributed by atoms with Gasteiger partial charge in [-0.15, -0.1) is 0 Å². The second kappa shape index (κ2) is 9.80. The molecule has 0 fully saturated rings. The number of hydrogen-bond acceptors (Lipinski definition) is 3. The minimum Gasteiger partial charge on any atom is -0.319 e. The molecule has 0 aromatic heterocycles. The smallest absolute Gasteiger partial charge is 0.255 e. The van der Waals surface area contributed by atoms with Crippen LogP contribution in [0.5, 0.6) is 0 Å². The van der Waals surface area contributed by atoms with Crippen LogP contribution in [0.3, 0.4) is 0 Å². The molecule has 8 heteroatoms. The number of halogens is 2. The summed E-state index contributed by atoms with van der Waals surface area (Å²) in [4.78, 5) is 11.9. The van der Waals surface area contributed by atoms with Crippen LogP contribution in [0.2, 0.25) is 0 Å². The molecule has 3 rings (SSSR count). The van der Waals surface area contributed by atoms with Crippen LogP contribution in [0.4, 0.5) is 14.5 Å². The summed E-state index contributed by atoms with van der Waals surface area (Å²) in [7, 11) is -3.93. The molecule has 0 radical (unpaired) electrons. The van der Waals surface area contributed by atoms with Crippen molar-refractivity contribution in [3.05, 3.63) is 95.6 Å². The van der Waals surface area contributed by atoms with Gasteiger partial charge in [0.15, 0.2) is 0 Å². The van der Waals surface area contributed by atoms with Gasteiger partial charge in [0.2, 0.25) is 10.0 Å². The first-order valence-corrected chi connectivity index (χ1v) is 11.2. The second-order valence-electron chi connectivity index (χ2n) is 7.15. The van der Waals surface area contributed by atoms with E-state index in [1.807, 2.05) is 30.3 Å². The number of carbonyl (C=O) groups excluding carboxylic acids is 1. The first-order valence-electron chi connectivity index (χ1n) is 9.67. The second-order valence-corrected chi connectivity index (χ2v) is 8.86. The van der Waals surface area contributed by atoms with Crippen LogP contribution < -0.4 is 10.0 Å². The summed E-state index contributed by atoms with van der Waals surface area (Å²) in [6, 6.07) is 17.4. The fourth-order valence-electron chi connectivity index (χ4n) is 2.98. The Bertz CT molecular complexity index is 1150. The maximum atomic E-state index is 14.5. The minimum atomic E-state index is -3.93. The number of benzene rings is 3. The van der Waals surface area contributed by atoms with Gasteiger partial charge in [0.25, 0.3) is 5.91 Å². The Morgan fingerprint density at radius 2 is 1.65 bits per heavy atom. The van der Waals surface area contributed by atoms with Crippen LogP contribution in [-0.4, -0.2) is 20.4 Å². The monoisotopic (exact) mass is 444 g/mol. The molecule has 0 unspecified atom stereocenters. The lowest BCUT2D eigenvalue weighted by Gasteiger charge is -2.15. The van der Waals surface area contributed by atoms with E-state index in [1.54, 1.807) is 6.92 Å². The van der Waals surface area contributed by atoms with Gasteiger partial charge in [-0.2, -0.15) is 0 Å². The lowest BCUT2D eigenvalue weighted by atomic mass is 10.1. The van der Waals surface area contributed by atoms with Gasteiger partial charge in [-0.25, -0.2) is 21.9 Å². The first-order chi connectivity index (χ1) is 14.7. The van der Waals surface area contributed by atoms with E-state index in [1.165, 1.54) is 24.3 Å². The third-order valence-electron chi connectivity index (χ3n) is 4.67. The SMILES string of the molecule is C[C@@H](CCc1ccccc1)NS(=O)(=O)c1ccc(NC(=O)c2ccc(F)cc2)c(F)c1. The lowest BCUT2D eigenvalue weighted by Crippen LogP contribution is -2.33. The number of carbonyl (C=O) groups is 1. The maximum absolute atomic E-state index is 14.5. The molecular weight excluding hydrogens is 422 g/mol. The van der Waals surface area contributed by atoms with Crippen LogP contribution in [0.25, 0.3) is 0 Å². The van der Waals surface area contributed by atoms with Gasteiger partial charge in [-0.1, -0.05) is 30.3 Å². The van der Waals surface area contributed by atoms with Crippen molar-refractivity contribution in [2.24, 2.45) is 0 Å². The van der Waals surface area contributed by atoms with Gasteiger partial charge in [-0.3, -0.25) is 4.79 Å². The molecule has 0 saturated heterocycles. The average molecular weight is 445 g/mol. The van der Waals surface area contributed by atoms with E-state index in [2.05, 4.69) is 10.0 Å². The molecule has 31 heavy (non-hydrogen) atoms. The summed E-state index contributed by atoms with van der Waals surface area (Å²) < 4.78 is 55.2. The van der Waals surface area contributed by atoms with Crippen molar-refractivity contribution in [3.8, 4) is 0 Å². The molecule has 0 aliphatic heterocycles. The average Bonchev–Trinajstić information content (AvgIpc) is 2.74. The Morgan fingerprint density at radius 3 is 2.29 bits per heavy atom. The highest BCUT2D eigenvalue weighted by Gasteiger charge is 2.20. The van der Waals surface area contributed by atoms with Crippen molar-refractivity contribution >= 4 is 21.6 Å². The fraction of sp³-hybridized carbons (Fsp3) is 0.174. The molecular formula is C23H22F2N2O3S. The summed E-state index contributed by atoms with van der Waals surface area (Å²) in [6.07, 6.45) is 1.28. The molecule has 2 N–H and O–H groups in total. The van der Waals surface area contributed by atoms with Crippen molar-refractivity contribution < 1.29 is 22.0 Å². The van der Waals surface area contributed by atoms with E-state index >= 15 is 0 Å². The molecule has 3 aromatic carbocycles. The van der Waals surface area contributed by atoms with E-state index < -0.39 is 27.6 Å². The fourth-order valence-corrected chi connectivity index (χ4v) is 4.27. The number of sulfonamides is 1. The van der Waals surface area contributed by atoms with Gasteiger partial charge >= 0.3 is 0 Å². The Morgan fingerprint density at radius 1 is 0.968 bits per heavy atom. The Labute approximate surface area is 180 Å². The molecule has 162 valence electrons. The summed E-state index contributed by atoms with van der Waals surface area (Å²) >= 11 is 0. The van der Waals surface area contributed by atoms with Crippen LogP contribution in [0, 0.1) is 11.6 Å². The van der Waals surface area contributed by atoms with Gasteiger partial charge < -0.3 is 5.32 Å². The number of hydrogen-bond donors (Lipinski definition) is 2. The third kappa shape index (κ3) is 6.19. The van der Waals surface area contributed by atoms with E-state index in [0.29, 0.717) is 12.8 Å². The number of aryl methyl sites for hydroxylation is 1. The van der Waals surface area contributed by atoms with E-state index in [4.69, 9.17) is 0 Å². The van der Waals surface area contributed by atoms with Crippen molar-refractivity contribution in [1.82, 2.24) is 4.72 Å². The van der Waals surface area contributed by atoms with Crippen molar-refractivity contribution in [3.63, 3.8) is 0 Å². The van der Waals surface area contributed by atoms with Crippen LogP contribution in [-0.2, 0) is 16.4 Å². The van der Waals surface area contributed by atoms with Gasteiger partial charge in [-0.05, 0) is 67.8 Å². The molecule has 0 aliphatic carbocycles. The topological polar surface area (TPSA) is 75.3 Å². The molecule has 5 nitrogen and oxygen atoms in total. The first kappa shape index (κ1) is 22.6. The summed E-state index contributed by atoms with van der Waals surface area (Å²) in [5, 5.41) is 2.35. The predicted molar refractivity (Wildman–Crippen MR) is 115 cm³/mol. The van der Waals surface area contributed by atoms with E-state index in [0.717, 1.165) is 23.8 Å².